The van der Waals surface area contributed by atoms with Gasteiger partial charge in [-0.25, -0.2) is 4.39 Å². The summed E-state index contributed by atoms with van der Waals surface area (Å²) in [6.45, 7) is 2.74. The van der Waals surface area contributed by atoms with Crippen LogP contribution in [0.15, 0.2) is 18.2 Å². The summed E-state index contributed by atoms with van der Waals surface area (Å²) in [6.07, 6.45) is 6.45. The van der Waals surface area contributed by atoms with Crippen molar-refractivity contribution in [3.63, 3.8) is 0 Å². The SMILES string of the molecule is Cc1ccc(COCNC2CCCCC2)c(F)c1. The second kappa shape index (κ2) is 6.86. The summed E-state index contributed by atoms with van der Waals surface area (Å²) in [5, 5.41) is 3.38. The molecule has 100 valence electrons. The predicted octanol–water partition coefficient (Wildman–Crippen LogP) is 3.53. The van der Waals surface area contributed by atoms with Crippen LogP contribution in [-0.2, 0) is 11.3 Å². The monoisotopic (exact) mass is 251 g/mol. The Bertz CT molecular complexity index is 375. The Morgan fingerprint density at radius 1 is 1.28 bits per heavy atom. The predicted molar refractivity (Wildman–Crippen MR) is 70.8 cm³/mol. The molecule has 1 saturated carbocycles. The molecule has 0 radical (unpaired) electrons. The summed E-state index contributed by atoms with van der Waals surface area (Å²) < 4.78 is 19.0. The third-order valence-electron chi connectivity index (χ3n) is 3.55. The molecule has 1 aromatic rings. The first-order chi connectivity index (χ1) is 8.75. The summed E-state index contributed by atoms with van der Waals surface area (Å²) in [7, 11) is 0. The normalized spacial score (nSPS) is 17.0. The van der Waals surface area contributed by atoms with Gasteiger partial charge >= 0.3 is 0 Å². The number of aryl methyl sites for hydroxylation is 1. The van der Waals surface area contributed by atoms with Gasteiger partial charge in [0.15, 0.2) is 0 Å². The molecule has 1 N–H and O–H groups in total. The van der Waals surface area contributed by atoms with E-state index in [-0.39, 0.29) is 5.82 Å². The second-order valence-electron chi connectivity index (χ2n) is 5.13. The van der Waals surface area contributed by atoms with Gasteiger partial charge in [0.1, 0.15) is 5.82 Å². The molecule has 2 nitrogen and oxygen atoms in total. The van der Waals surface area contributed by atoms with Crippen molar-refractivity contribution in [3.05, 3.63) is 35.1 Å². The van der Waals surface area contributed by atoms with Crippen LogP contribution in [0.2, 0.25) is 0 Å². The van der Waals surface area contributed by atoms with Gasteiger partial charge in [0, 0.05) is 11.6 Å². The summed E-state index contributed by atoms with van der Waals surface area (Å²) in [4.78, 5) is 0. The Labute approximate surface area is 109 Å². The molecule has 1 aliphatic rings. The Morgan fingerprint density at radius 3 is 2.78 bits per heavy atom. The highest BCUT2D eigenvalue weighted by Gasteiger charge is 2.12. The van der Waals surface area contributed by atoms with Crippen LogP contribution in [0.4, 0.5) is 4.39 Å². The number of rotatable bonds is 5. The van der Waals surface area contributed by atoms with Gasteiger partial charge in [-0.15, -0.1) is 0 Å². The first-order valence-corrected chi connectivity index (χ1v) is 6.82. The topological polar surface area (TPSA) is 21.3 Å². The van der Waals surface area contributed by atoms with Crippen LogP contribution in [0.1, 0.15) is 43.2 Å². The molecule has 3 heteroatoms. The second-order valence-corrected chi connectivity index (χ2v) is 5.13. The van der Waals surface area contributed by atoms with E-state index in [2.05, 4.69) is 5.32 Å². The molecule has 0 unspecified atom stereocenters. The van der Waals surface area contributed by atoms with E-state index >= 15 is 0 Å². The molecule has 2 rings (SSSR count). The highest BCUT2D eigenvalue weighted by molar-refractivity contribution is 5.22. The van der Waals surface area contributed by atoms with Crippen LogP contribution in [-0.4, -0.2) is 12.8 Å². The average molecular weight is 251 g/mol. The van der Waals surface area contributed by atoms with Crippen molar-refractivity contribution < 1.29 is 9.13 Å². The van der Waals surface area contributed by atoms with Crippen LogP contribution in [0.25, 0.3) is 0 Å². The Kier molecular flexibility index (Phi) is 5.14. The molecule has 0 aliphatic heterocycles. The van der Waals surface area contributed by atoms with Crippen molar-refractivity contribution in [1.29, 1.82) is 0 Å². The maximum absolute atomic E-state index is 13.5. The van der Waals surface area contributed by atoms with E-state index < -0.39 is 0 Å². The van der Waals surface area contributed by atoms with E-state index in [1.165, 1.54) is 32.1 Å². The van der Waals surface area contributed by atoms with Crippen LogP contribution < -0.4 is 5.32 Å². The molecule has 0 spiro atoms. The first-order valence-electron chi connectivity index (χ1n) is 6.82. The average Bonchev–Trinajstić information content (AvgIpc) is 2.38. The van der Waals surface area contributed by atoms with Crippen molar-refractivity contribution >= 4 is 0 Å². The molecule has 1 fully saturated rings. The summed E-state index contributed by atoms with van der Waals surface area (Å²) in [6, 6.07) is 5.84. The van der Waals surface area contributed by atoms with Crippen LogP contribution in [0.3, 0.4) is 0 Å². The highest BCUT2D eigenvalue weighted by atomic mass is 19.1. The van der Waals surface area contributed by atoms with E-state index in [9.17, 15) is 4.39 Å². The van der Waals surface area contributed by atoms with Crippen LogP contribution in [0.5, 0.6) is 0 Å². The Morgan fingerprint density at radius 2 is 2.06 bits per heavy atom. The zero-order valence-electron chi connectivity index (χ0n) is 11.0. The van der Waals surface area contributed by atoms with E-state index in [0.717, 1.165) is 5.56 Å². The molecule has 18 heavy (non-hydrogen) atoms. The minimum Gasteiger partial charge on any atom is -0.362 e. The van der Waals surface area contributed by atoms with Gasteiger partial charge in [-0.2, -0.15) is 0 Å². The quantitative estimate of drug-likeness (QED) is 0.638. The van der Waals surface area contributed by atoms with Crippen LogP contribution >= 0.6 is 0 Å². The molecule has 0 bridgehead atoms. The zero-order chi connectivity index (χ0) is 12.8. The maximum Gasteiger partial charge on any atom is 0.128 e. The zero-order valence-corrected chi connectivity index (χ0v) is 11.0. The van der Waals surface area contributed by atoms with E-state index in [0.29, 0.717) is 24.9 Å². The summed E-state index contributed by atoms with van der Waals surface area (Å²) in [5.74, 6) is -0.173. The lowest BCUT2D eigenvalue weighted by Gasteiger charge is -2.22. The van der Waals surface area contributed by atoms with Crippen molar-refractivity contribution in [2.24, 2.45) is 0 Å². The van der Waals surface area contributed by atoms with Crippen LogP contribution in [0, 0.1) is 12.7 Å². The van der Waals surface area contributed by atoms with Crippen molar-refractivity contribution in [2.75, 3.05) is 6.73 Å². The lowest BCUT2D eigenvalue weighted by atomic mass is 9.96. The summed E-state index contributed by atoms with van der Waals surface area (Å²) in [5.41, 5.74) is 1.57. The van der Waals surface area contributed by atoms with E-state index in [1.807, 2.05) is 13.0 Å². The molecule has 0 atom stereocenters. The number of hydrogen-bond donors (Lipinski definition) is 1. The Hall–Kier alpha value is -0.930. The number of ether oxygens (including phenoxy) is 1. The third-order valence-corrected chi connectivity index (χ3v) is 3.55. The Balaban J connectivity index is 1.68. The molecule has 0 aromatic heterocycles. The fraction of sp³-hybridized carbons (Fsp3) is 0.600. The van der Waals surface area contributed by atoms with Crippen molar-refractivity contribution in [2.45, 2.75) is 51.7 Å². The minimum atomic E-state index is -0.173. The molecule has 1 aliphatic carbocycles. The van der Waals surface area contributed by atoms with Gasteiger partial charge in [-0.3, -0.25) is 5.32 Å². The first kappa shape index (κ1) is 13.5. The summed E-state index contributed by atoms with van der Waals surface area (Å²) >= 11 is 0. The van der Waals surface area contributed by atoms with Gasteiger partial charge in [0.2, 0.25) is 0 Å². The molecular formula is C15H22FNO. The molecule has 1 aromatic carbocycles. The van der Waals surface area contributed by atoms with Crippen molar-refractivity contribution in [3.8, 4) is 0 Å². The van der Waals surface area contributed by atoms with E-state index in [4.69, 9.17) is 4.74 Å². The van der Waals surface area contributed by atoms with Crippen molar-refractivity contribution in [1.82, 2.24) is 5.32 Å². The number of nitrogens with one attached hydrogen (secondary N) is 1. The lowest BCUT2D eigenvalue weighted by Crippen LogP contribution is -2.32. The minimum absolute atomic E-state index is 0.173. The fourth-order valence-electron chi connectivity index (χ4n) is 2.41. The maximum atomic E-state index is 13.5. The molecule has 0 amide bonds. The number of benzene rings is 1. The van der Waals surface area contributed by atoms with Gasteiger partial charge in [-0.1, -0.05) is 31.4 Å². The molecule has 0 saturated heterocycles. The number of halogens is 1. The highest BCUT2D eigenvalue weighted by Crippen LogP contribution is 2.17. The lowest BCUT2D eigenvalue weighted by molar-refractivity contribution is 0.0889. The van der Waals surface area contributed by atoms with Gasteiger partial charge in [0.05, 0.1) is 13.3 Å². The third kappa shape index (κ3) is 4.07. The largest absolute Gasteiger partial charge is 0.362 e. The number of hydrogen-bond acceptors (Lipinski definition) is 2. The smallest absolute Gasteiger partial charge is 0.128 e. The van der Waals surface area contributed by atoms with Gasteiger partial charge in [-0.05, 0) is 31.4 Å². The standard InChI is InChI=1S/C15H22FNO/c1-12-7-8-13(15(16)9-12)10-18-11-17-14-5-3-2-4-6-14/h7-9,14,17H,2-6,10-11H2,1H3. The van der Waals surface area contributed by atoms with Gasteiger partial charge < -0.3 is 4.74 Å². The van der Waals surface area contributed by atoms with E-state index in [1.54, 1.807) is 12.1 Å². The fourth-order valence-corrected chi connectivity index (χ4v) is 2.41. The molecular weight excluding hydrogens is 229 g/mol. The van der Waals surface area contributed by atoms with Gasteiger partial charge in [0.25, 0.3) is 0 Å². The molecule has 0 heterocycles.